The Kier molecular flexibility index (Phi) is 10.5. The van der Waals surface area contributed by atoms with Crippen LogP contribution in [0, 0.1) is 5.92 Å². The van der Waals surface area contributed by atoms with Gasteiger partial charge in [0.25, 0.3) is 0 Å². The van der Waals surface area contributed by atoms with Crippen LogP contribution in [0.5, 0.6) is 0 Å². The van der Waals surface area contributed by atoms with Gasteiger partial charge in [-0.25, -0.2) is 0 Å². The molecule has 154 valence electrons. The maximum Gasteiger partial charge on any atom is 0.241 e. The summed E-state index contributed by atoms with van der Waals surface area (Å²) in [6, 6.07) is 17.3. The lowest BCUT2D eigenvalue weighted by Gasteiger charge is -2.30. The monoisotopic (exact) mass is 423 g/mol. The van der Waals surface area contributed by atoms with Gasteiger partial charge in [0.15, 0.2) is 0 Å². The first-order chi connectivity index (χ1) is 12.6. The molecular formula is C22H31Cl2N3O. The molecule has 1 aliphatic heterocycles. The molecule has 3 rings (SSSR count). The maximum atomic E-state index is 12.3. The smallest absolute Gasteiger partial charge is 0.241 e. The lowest BCUT2D eigenvalue weighted by Crippen LogP contribution is -2.33. The Hall–Kier alpha value is -1.59. The number of rotatable bonds is 6. The van der Waals surface area contributed by atoms with Gasteiger partial charge in [0, 0.05) is 13.1 Å². The largest absolute Gasteiger partial charge is 0.350 e. The fourth-order valence-corrected chi connectivity index (χ4v) is 3.43. The van der Waals surface area contributed by atoms with Gasteiger partial charge in [-0.2, -0.15) is 0 Å². The summed E-state index contributed by atoms with van der Waals surface area (Å²) in [5, 5.41) is 2.96. The average Bonchev–Trinajstić information content (AvgIpc) is 2.68. The number of carbonyl (C=O) groups excluding carboxylic acids is 1. The molecule has 1 heterocycles. The van der Waals surface area contributed by atoms with Crippen molar-refractivity contribution < 1.29 is 4.79 Å². The average molecular weight is 424 g/mol. The van der Waals surface area contributed by atoms with Crippen LogP contribution in [0.15, 0.2) is 54.6 Å². The quantitative estimate of drug-likeness (QED) is 0.735. The number of piperidine rings is 1. The van der Waals surface area contributed by atoms with E-state index in [0.717, 1.165) is 23.6 Å². The fraction of sp³-hybridized carbons (Fsp3) is 0.409. The summed E-state index contributed by atoms with van der Waals surface area (Å²) in [6.45, 7) is 6.17. The van der Waals surface area contributed by atoms with E-state index >= 15 is 0 Å². The number of halogens is 2. The van der Waals surface area contributed by atoms with Crippen molar-refractivity contribution in [3.8, 4) is 0 Å². The van der Waals surface area contributed by atoms with Crippen molar-refractivity contribution in [2.75, 3.05) is 13.1 Å². The highest BCUT2D eigenvalue weighted by Gasteiger charge is 2.16. The molecule has 0 spiro atoms. The molecule has 1 aliphatic rings. The van der Waals surface area contributed by atoms with Gasteiger partial charge in [0.2, 0.25) is 5.91 Å². The van der Waals surface area contributed by atoms with E-state index < -0.39 is 6.04 Å². The zero-order valence-corrected chi connectivity index (χ0v) is 18.0. The zero-order chi connectivity index (χ0) is 18.4. The molecule has 0 aliphatic carbocycles. The van der Waals surface area contributed by atoms with E-state index in [1.807, 2.05) is 30.3 Å². The van der Waals surface area contributed by atoms with Gasteiger partial charge in [-0.1, -0.05) is 61.5 Å². The highest BCUT2D eigenvalue weighted by molar-refractivity contribution is 5.85. The first-order valence-electron chi connectivity index (χ1n) is 9.50. The molecule has 4 nitrogen and oxygen atoms in total. The van der Waals surface area contributed by atoms with Crippen LogP contribution in [0.4, 0.5) is 0 Å². The van der Waals surface area contributed by atoms with E-state index in [9.17, 15) is 4.79 Å². The number of hydrogen-bond acceptors (Lipinski definition) is 3. The van der Waals surface area contributed by atoms with Gasteiger partial charge < -0.3 is 11.1 Å². The van der Waals surface area contributed by atoms with Crippen LogP contribution >= 0.6 is 24.8 Å². The Labute approximate surface area is 180 Å². The molecule has 0 bridgehead atoms. The van der Waals surface area contributed by atoms with Crippen LogP contribution in [0.1, 0.15) is 42.5 Å². The van der Waals surface area contributed by atoms with Gasteiger partial charge in [0.05, 0.1) is 0 Å². The third-order valence-electron chi connectivity index (χ3n) is 5.18. The van der Waals surface area contributed by atoms with Gasteiger partial charge in [-0.05, 0) is 48.5 Å². The second-order valence-corrected chi connectivity index (χ2v) is 7.38. The van der Waals surface area contributed by atoms with Crippen molar-refractivity contribution in [1.82, 2.24) is 10.2 Å². The number of nitrogens with two attached hydrogens (primary N) is 1. The molecule has 2 aromatic rings. The second kappa shape index (κ2) is 12.1. The lowest BCUT2D eigenvalue weighted by atomic mass is 9.98. The number of likely N-dealkylation sites (tertiary alicyclic amines) is 1. The molecular weight excluding hydrogens is 393 g/mol. The number of nitrogens with one attached hydrogen (secondary N) is 1. The molecule has 3 N–H and O–H groups in total. The minimum atomic E-state index is -0.630. The first kappa shape index (κ1) is 24.4. The minimum Gasteiger partial charge on any atom is -0.350 e. The zero-order valence-electron chi connectivity index (χ0n) is 16.3. The van der Waals surface area contributed by atoms with Crippen LogP contribution < -0.4 is 11.1 Å². The summed E-state index contributed by atoms with van der Waals surface area (Å²) in [7, 11) is 0. The summed E-state index contributed by atoms with van der Waals surface area (Å²) in [4.78, 5) is 14.8. The Bertz CT molecular complexity index is 719. The van der Waals surface area contributed by atoms with Crippen LogP contribution in [0.25, 0.3) is 0 Å². The van der Waals surface area contributed by atoms with Gasteiger partial charge >= 0.3 is 0 Å². The molecule has 0 aromatic heterocycles. The number of hydrogen-bond donors (Lipinski definition) is 2. The van der Waals surface area contributed by atoms with Crippen molar-refractivity contribution in [3.05, 3.63) is 71.3 Å². The van der Waals surface area contributed by atoms with E-state index in [1.54, 1.807) is 0 Å². The Morgan fingerprint density at radius 2 is 1.71 bits per heavy atom. The highest BCUT2D eigenvalue weighted by atomic mass is 35.5. The molecule has 1 atom stereocenters. The first-order valence-corrected chi connectivity index (χ1v) is 9.50. The third-order valence-corrected chi connectivity index (χ3v) is 5.18. The number of nitrogens with zero attached hydrogens (tertiary/aromatic N) is 1. The lowest BCUT2D eigenvalue weighted by molar-refractivity contribution is -0.122. The fourth-order valence-electron chi connectivity index (χ4n) is 3.43. The summed E-state index contributed by atoms with van der Waals surface area (Å²) < 4.78 is 0. The highest BCUT2D eigenvalue weighted by Crippen LogP contribution is 2.18. The Morgan fingerprint density at radius 3 is 2.39 bits per heavy atom. The van der Waals surface area contributed by atoms with E-state index in [0.29, 0.717) is 6.54 Å². The van der Waals surface area contributed by atoms with Crippen molar-refractivity contribution in [3.63, 3.8) is 0 Å². The summed E-state index contributed by atoms with van der Waals surface area (Å²) in [6.07, 6.45) is 2.57. The molecule has 0 saturated carbocycles. The second-order valence-electron chi connectivity index (χ2n) is 7.38. The number of carbonyl (C=O) groups is 1. The normalized spacial score (nSPS) is 15.8. The van der Waals surface area contributed by atoms with E-state index in [-0.39, 0.29) is 30.7 Å². The number of benzene rings is 2. The summed E-state index contributed by atoms with van der Waals surface area (Å²) in [5.74, 6) is 0.702. The van der Waals surface area contributed by atoms with Crippen molar-refractivity contribution >= 4 is 30.7 Å². The molecule has 1 saturated heterocycles. The van der Waals surface area contributed by atoms with Gasteiger partial charge in [-0.3, -0.25) is 9.69 Å². The molecule has 6 heteroatoms. The standard InChI is InChI=1S/C22H29N3O.2ClH/c1-17-10-12-25(13-11-17)16-19-7-5-6-18(14-19)15-24-22(26)21(23)20-8-3-2-4-9-20;;/h2-9,14,17,21H,10-13,15-16,23H2,1H3,(H,24,26);2*1H. The van der Waals surface area contributed by atoms with E-state index in [1.165, 1.54) is 31.5 Å². The molecule has 1 fully saturated rings. The van der Waals surface area contributed by atoms with Gasteiger partial charge in [0.1, 0.15) is 6.04 Å². The summed E-state index contributed by atoms with van der Waals surface area (Å²) >= 11 is 0. The molecule has 28 heavy (non-hydrogen) atoms. The number of amides is 1. The van der Waals surface area contributed by atoms with E-state index in [4.69, 9.17) is 5.73 Å². The topological polar surface area (TPSA) is 58.4 Å². The van der Waals surface area contributed by atoms with Crippen molar-refractivity contribution in [2.24, 2.45) is 11.7 Å². The molecule has 2 aromatic carbocycles. The molecule has 1 amide bonds. The predicted octanol–water partition coefficient (Wildman–Crippen LogP) is 4.08. The minimum absolute atomic E-state index is 0. The predicted molar refractivity (Wildman–Crippen MR) is 120 cm³/mol. The maximum absolute atomic E-state index is 12.3. The Balaban J connectivity index is 0.00000196. The van der Waals surface area contributed by atoms with Crippen LogP contribution in [0.2, 0.25) is 0 Å². The van der Waals surface area contributed by atoms with Crippen LogP contribution in [-0.4, -0.2) is 23.9 Å². The van der Waals surface area contributed by atoms with E-state index in [2.05, 4.69) is 41.4 Å². The van der Waals surface area contributed by atoms with Crippen molar-refractivity contribution in [2.45, 2.75) is 38.9 Å². The third kappa shape index (κ3) is 7.10. The molecule has 1 unspecified atom stereocenters. The van der Waals surface area contributed by atoms with Gasteiger partial charge in [-0.15, -0.1) is 24.8 Å². The Morgan fingerprint density at radius 1 is 1.07 bits per heavy atom. The van der Waals surface area contributed by atoms with Crippen molar-refractivity contribution in [1.29, 1.82) is 0 Å². The molecule has 0 radical (unpaired) electrons. The summed E-state index contributed by atoms with van der Waals surface area (Å²) in [5.41, 5.74) is 9.30. The van der Waals surface area contributed by atoms with Crippen LogP contribution in [-0.2, 0) is 17.9 Å². The SMILES string of the molecule is CC1CCN(Cc2cccc(CNC(=O)C(N)c3ccccc3)c2)CC1.Cl.Cl. The van der Waals surface area contributed by atoms with Crippen LogP contribution in [0.3, 0.4) is 0 Å².